The third-order valence-electron chi connectivity index (χ3n) is 2.80. The molecule has 1 saturated heterocycles. The van der Waals surface area contributed by atoms with E-state index in [9.17, 15) is 9.18 Å². The Hall–Kier alpha value is -1.27. The number of nitrogens with two attached hydrogens (primary N) is 1. The monoisotopic (exact) mass is 271 g/mol. The predicted octanol–water partition coefficient (Wildman–Crippen LogP) is 2.38. The Morgan fingerprint density at radius 2 is 2.11 bits per heavy atom. The summed E-state index contributed by atoms with van der Waals surface area (Å²) in [4.78, 5) is 11.3. The molecule has 1 fully saturated rings. The van der Waals surface area contributed by atoms with Crippen molar-refractivity contribution in [2.75, 3.05) is 18.9 Å². The minimum atomic E-state index is -1.14. The van der Waals surface area contributed by atoms with E-state index in [4.69, 9.17) is 15.6 Å². The number of anilines is 1. The first kappa shape index (κ1) is 13.2. The van der Waals surface area contributed by atoms with E-state index in [0.29, 0.717) is 18.1 Å². The number of nitrogen functional groups attached to an aromatic ring is 1. The van der Waals surface area contributed by atoms with E-state index in [1.165, 1.54) is 17.8 Å². The molecule has 0 spiro atoms. The maximum Gasteiger partial charge on any atom is 0.337 e. The topological polar surface area (TPSA) is 72.5 Å². The van der Waals surface area contributed by atoms with Gasteiger partial charge in [-0.1, -0.05) is 0 Å². The standard InChI is InChI=1S/C12H14FNO3S/c13-9-6-10(14)8(12(15)16)5-11(9)18-7-1-3-17-4-2-7/h5-7H,1-4,14H2,(H,15,16). The second-order valence-electron chi connectivity index (χ2n) is 4.10. The van der Waals surface area contributed by atoms with E-state index in [1.807, 2.05) is 0 Å². The fourth-order valence-electron chi connectivity index (χ4n) is 1.82. The number of carboxylic acid groups (broad SMARTS) is 1. The Bertz CT molecular complexity index is 461. The van der Waals surface area contributed by atoms with Gasteiger partial charge in [-0.15, -0.1) is 11.8 Å². The molecule has 0 amide bonds. The number of benzene rings is 1. The van der Waals surface area contributed by atoms with Crippen LogP contribution >= 0.6 is 11.8 Å². The van der Waals surface area contributed by atoms with Crippen LogP contribution in [0.25, 0.3) is 0 Å². The molecule has 1 aliphatic heterocycles. The van der Waals surface area contributed by atoms with Gasteiger partial charge in [0.05, 0.1) is 5.56 Å². The van der Waals surface area contributed by atoms with Crippen LogP contribution in [0.4, 0.5) is 10.1 Å². The number of carbonyl (C=O) groups is 1. The highest BCUT2D eigenvalue weighted by Gasteiger charge is 2.19. The Labute approximate surface area is 108 Å². The minimum Gasteiger partial charge on any atom is -0.478 e. The van der Waals surface area contributed by atoms with Gasteiger partial charge in [0.25, 0.3) is 0 Å². The molecule has 0 aromatic heterocycles. The molecule has 3 N–H and O–H groups in total. The van der Waals surface area contributed by atoms with E-state index in [0.717, 1.165) is 18.9 Å². The van der Waals surface area contributed by atoms with Gasteiger partial charge in [-0.05, 0) is 25.0 Å². The maximum absolute atomic E-state index is 13.7. The lowest BCUT2D eigenvalue weighted by Gasteiger charge is -2.21. The fraction of sp³-hybridized carbons (Fsp3) is 0.417. The van der Waals surface area contributed by atoms with Gasteiger partial charge < -0.3 is 15.6 Å². The van der Waals surface area contributed by atoms with Crippen LogP contribution < -0.4 is 5.73 Å². The minimum absolute atomic E-state index is 0.0451. The van der Waals surface area contributed by atoms with Gasteiger partial charge in [-0.3, -0.25) is 0 Å². The number of hydrogen-bond acceptors (Lipinski definition) is 4. The summed E-state index contributed by atoms with van der Waals surface area (Å²) in [5, 5.41) is 9.22. The molecule has 6 heteroatoms. The van der Waals surface area contributed by atoms with Crippen molar-refractivity contribution in [3.8, 4) is 0 Å². The van der Waals surface area contributed by atoms with Crippen LogP contribution in [-0.4, -0.2) is 29.5 Å². The molecule has 0 saturated carbocycles. The number of ether oxygens (including phenoxy) is 1. The molecule has 1 aromatic rings. The van der Waals surface area contributed by atoms with Crippen molar-refractivity contribution in [2.45, 2.75) is 23.0 Å². The molecule has 4 nitrogen and oxygen atoms in total. The van der Waals surface area contributed by atoms with Crippen LogP contribution in [0, 0.1) is 5.82 Å². The number of thioether (sulfide) groups is 1. The average Bonchev–Trinajstić information content (AvgIpc) is 2.33. The second kappa shape index (κ2) is 5.58. The molecule has 0 unspecified atom stereocenters. The van der Waals surface area contributed by atoms with Crippen LogP contribution in [0.2, 0.25) is 0 Å². The summed E-state index contributed by atoms with van der Waals surface area (Å²) in [6, 6.07) is 2.39. The maximum atomic E-state index is 13.7. The normalized spacial score (nSPS) is 16.7. The molecule has 0 atom stereocenters. The molecule has 1 heterocycles. The summed E-state index contributed by atoms with van der Waals surface area (Å²) >= 11 is 1.36. The van der Waals surface area contributed by atoms with E-state index < -0.39 is 11.8 Å². The van der Waals surface area contributed by atoms with E-state index in [2.05, 4.69) is 0 Å². The van der Waals surface area contributed by atoms with Gasteiger partial charge in [0.1, 0.15) is 5.82 Å². The van der Waals surface area contributed by atoms with Crippen LogP contribution in [0.3, 0.4) is 0 Å². The van der Waals surface area contributed by atoms with E-state index in [1.54, 1.807) is 0 Å². The van der Waals surface area contributed by atoms with E-state index in [-0.39, 0.29) is 16.5 Å². The Morgan fingerprint density at radius 3 is 2.72 bits per heavy atom. The molecular weight excluding hydrogens is 257 g/mol. The zero-order valence-corrected chi connectivity index (χ0v) is 10.5. The quantitative estimate of drug-likeness (QED) is 0.826. The molecular formula is C12H14FNO3S. The first-order valence-corrected chi connectivity index (χ1v) is 6.52. The summed E-state index contributed by atoms with van der Waals surface area (Å²) in [6.45, 7) is 1.33. The van der Waals surface area contributed by atoms with Crippen molar-refractivity contribution in [1.82, 2.24) is 0 Å². The average molecular weight is 271 g/mol. The molecule has 0 aliphatic carbocycles. The third kappa shape index (κ3) is 2.94. The predicted molar refractivity (Wildman–Crippen MR) is 67.5 cm³/mol. The summed E-state index contributed by atoms with van der Waals surface area (Å²) in [5.41, 5.74) is 5.38. The van der Waals surface area contributed by atoms with Gasteiger partial charge in [-0.2, -0.15) is 0 Å². The number of hydrogen-bond donors (Lipinski definition) is 2. The first-order chi connectivity index (χ1) is 8.58. The van der Waals surface area contributed by atoms with Crippen molar-refractivity contribution < 1.29 is 19.0 Å². The number of rotatable bonds is 3. The fourth-order valence-corrected chi connectivity index (χ4v) is 2.96. The highest BCUT2D eigenvalue weighted by molar-refractivity contribution is 8.00. The van der Waals surface area contributed by atoms with Crippen LogP contribution in [-0.2, 0) is 4.74 Å². The van der Waals surface area contributed by atoms with Crippen LogP contribution in [0.15, 0.2) is 17.0 Å². The Morgan fingerprint density at radius 1 is 1.44 bits per heavy atom. The van der Waals surface area contributed by atoms with Crippen molar-refractivity contribution in [1.29, 1.82) is 0 Å². The van der Waals surface area contributed by atoms with Gasteiger partial charge in [0.2, 0.25) is 0 Å². The van der Waals surface area contributed by atoms with Crippen molar-refractivity contribution in [2.24, 2.45) is 0 Å². The summed E-state index contributed by atoms with van der Waals surface area (Å²) in [6.07, 6.45) is 1.69. The summed E-state index contributed by atoms with van der Waals surface area (Å²) in [5.74, 6) is -1.60. The summed E-state index contributed by atoms with van der Waals surface area (Å²) in [7, 11) is 0. The van der Waals surface area contributed by atoms with Gasteiger partial charge in [0.15, 0.2) is 0 Å². The highest BCUT2D eigenvalue weighted by atomic mass is 32.2. The van der Waals surface area contributed by atoms with Gasteiger partial charge in [0, 0.05) is 29.0 Å². The molecule has 0 bridgehead atoms. The van der Waals surface area contributed by atoms with Crippen molar-refractivity contribution in [3.05, 3.63) is 23.5 Å². The zero-order valence-electron chi connectivity index (χ0n) is 9.69. The third-order valence-corrected chi connectivity index (χ3v) is 4.17. The lowest BCUT2D eigenvalue weighted by molar-refractivity contribution is 0.0697. The number of halogens is 1. The van der Waals surface area contributed by atoms with Gasteiger partial charge >= 0.3 is 5.97 Å². The Kier molecular flexibility index (Phi) is 4.08. The lowest BCUT2D eigenvalue weighted by atomic mass is 10.2. The van der Waals surface area contributed by atoms with Crippen molar-refractivity contribution in [3.63, 3.8) is 0 Å². The van der Waals surface area contributed by atoms with Crippen LogP contribution in [0.1, 0.15) is 23.2 Å². The SMILES string of the molecule is Nc1cc(F)c(SC2CCOCC2)cc1C(=O)O. The lowest BCUT2D eigenvalue weighted by Crippen LogP contribution is -2.17. The molecule has 0 radical (unpaired) electrons. The number of carboxylic acids is 1. The first-order valence-electron chi connectivity index (χ1n) is 5.64. The van der Waals surface area contributed by atoms with Gasteiger partial charge in [-0.25, -0.2) is 9.18 Å². The van der Waals surface area contributed by atoms with Crippen molar-refractivity contribution >= 4 is 23.4 Å². The smallest absolute Gasteiger partial charge is 0.337 e. The largest absolute Gasteiger partial charge is 0.478 e. The van der Waals surface area contributed by atoms with Crippen LogP contribution in [0.5, 0.6) is 0 Å². The number of aromatic carboxylic acids is 1. The molecule has 1 aromatic carbocycles. The second-order valence-corrected chi connectivity index (χ2v) is 5.45. The highest BCUT2D eigenvalue weighted by Crippen LogP contribution is 2.33. The molecule has 98 valence electrons. The summed E-state index contributed by atoms with van der Waals surface area (Å²) < 4.78 is 19.0. The molecule has 2 rings (SSSR count). The van der Waals surface area contributed by atoms with E-state index >= 15 is 0 Å². The Balaban J connectivity index is 2.21. The zero-order chi connectivity index (χ0) is 13.1. The molecule has 1 aliphatic rings. The molecule has 18 heavy (non-hydrogen) atoms.